The third-order valence-electron chi connectivity index (χ3n) is 3.07. The largest absolute Gasteiger partial charge is 0.488 e. The van der Waals surface area contributed by atoms with Crippen molar-refractivity contribution in [2.24, 2.45) is 5.73 Å². The van der Waals surface area contributed by atoms with E-state index in [1.807, 2.05) is 25.1 Å². The van der Waals surface area contributed by atoms with Crippen LogP contribution in [0.2, 0.25) is 5.02 Å². The molecule has 0 bridgehead atoms. The van der Waals surface area contributed by atoms with Crippen molar-refractivity contribution < 1.29 is 9.66 Å². The maximum absolute atomic E-state index is 11.0. The molecular weight excluding hydrogens is 292 g/mol. The highest BCUT2D eigenvalue weighted by atomic mass is 35.5. The van der Waals surface area contributed by atoms with Crippen LogP contribution in [0.5, 0.6) is 5.75 Å². The molecule has 0 aliphatic rings. The van der Waals surface area contributed by atoms with Crippen LogP contribution in [0.15, 0.2) is 42.5 Å². The van der Waals surface area contributed by atoms with Crippen molar-refractivity contribution in [3.05, 3.63) is 68.7 Å². The Labute approximate surface area is 127 Å². The third-order valence-corrected chi connectivity index (χ3v) is 3.43. The van der Waals surface area contributed by atoms with Crippen molar-refractivity contribution in [1.82, 2.24) is 0 Å². The summed E-state index contributed by atoms with van der Waals surface area (Å²) >= 11 is 6.03. The predicted molar refractivity (Wildman–Crippen MR) is 81.5 cm³/mol. The van der Waals surface area contributed by atoms with E-state index in [1.165, 1.54) is 6.07 Å². The number of benzene rings is 2. The van der Waals surface area contributed by atoms with Gasteiger partial charge in [0.2, 0.25) is 0 Å². The maximum Gasteiger partial charge on any atom is 0.277 e. The van der Waals surface area contributed by atoms with E-state index in [1.54, 1.807) is 18.2 Å². The van der Waals surface area contributed by atoms with Crippen LogP contribution in [0.25, 0.3) is 0 Å². The van der Waals surface area contributed by atoms with Gasteiger partial charge < -0.3 is 10.5 Å². The number of hydrogen-bond acceptors (Lipinski definition) is 4. The van der Waals surface area contributed by atoms with Crippen LogP contribution in [0.1, 0.15) is 24.1 Å². The molecule has 0 radical (unpaired) electrons. The van der Waals surface area contributed by atoms with Gasteiger partial charge in [-0.3, -0.25) is 10.1 Å². The van der Waals surface area contributed by atoms with E-state index in [0.717, 1.165) is 5.56 Å². The highest BCUT2D eigenvalue weighted by Gasteiger charge is 2.18. The van der Waals surface area contributed by atoms with Gasteiger partial charge in [-0.15, -0.1) is 0 Å². The summed E-state index contributed by atoms with van der Waals surface area (Å²) in [5.74, 6) is 0.599. The second kappa shape index (κ2) is 6.56. The molecule has 0 heterocycles. The van der Waals surface area contributed by atoms with Crippen molar-refractivity contribution in [3.63, 3.8) is 0 Å². The van der Waals surface area contributed by atoms with Crippen LogP contribution in [0.3, 0.4) is 0 Å². The average molecular weight is 307 g/mol. The van der Waals surface area contributed by atoms with Gasteiger partial charge in [-0.2, -0.15) is 0 Å². The van der Waals surface area contributed by atoms with E-state index in [2.05, 4.69) is 0 Å². The number of nitrogens with two attached hydrogens (primary N) is 1. The van der Waals surface area contributed by atoms with E-state index in [-0.39, 0.29) is 18.3 Å². The Hall–Kier alpha value is -2.11. The van der Waals surface area contributed by atoms with Crippen molar-refractivity contribution >= 4 is 17.3 Å². The van der Waals surface area contributed by atoms with Crippen LogP contribution in [0, 0.1) is 10.1 Å². The normalized spacial score (nSPS) is 12.0. The Bertz CT molecular complexity index is 659. The van der Waals surface area contributed by atoms with Gasteiger partial charge >= 0.3 is 0 Å². The van der Waals surface area contributed by atoms with Crippen LogP contribution in [-0.4, -0.2) is 4.92 Å². The smallest absolute Gasteiger partial charge is 0.277 e. The molecule has 0 saturated carbocycles. The van der Waals surface area contributed by atoms with Gasteiger partial charge in [0.1, 0.15) is 12.4 Å². The van der Waals surface area contributed by atoms with E-state index in [4.69, 9.17) is 22.1 Å². The zero-order valence-electron chi connectivity index (χ0n) is 11.5. The number of para-hydroxylation sites is 1. The molecule has 0 aliphatic carbocycles. The van der Waals surface area contributed by atoms with Crippen LogP contribution < -0.4 is 10.5 Å². The van der Waals surface area contributed by atoms with Crippen LogP contribution in [0.4, 0.5) is 5.69 Å². The number of nitro groups is 1. The van der Waals surface area contributed by atoms with E-state index < -0.39 is 4.92 Å². The van der Waals surface area contributed by atoms with Gasteiger partial charge in [-0.05, 0) is 19.1 Å². The molecule has 2 aromatic rings. The van der Waals surface area contributed by atoms with Gasteiger partial charge in [0, 0.05) is 17.7 Å². The Morgan fingerprint density at radius 2 is 2.00 bits per heavy atom. The summed E-state index contributed by atoms with van der Waals surface area (Å²) in [5.41, 5.74) is 7.01. The van der Waals surface area contributed by atoms with E-state index in [9.17, 15) is 10.1 Å². The predicted octanol–water partition coefficient (Wildman–Crippen LogP) is 3.85. The molecule has 110 valence electrons. The molecule has 2 N–H and O–H groups in total. The Morgan fingerprint density at radius 3 is 2.67 bits per heavy atom. The first-order valence-corrected chi connectivity index (χ1v) is 6.77. The summed E-state index contributed by atoms with van der Waals surface area (Å²) in [5, 5.41) is 11.3. The molecule has 0 saturated heterocycles. The summed E-state index contributed by atoms with van der Waals surface area (Å²) in [6.45, 7) is 1.86. The van der Waals surface area contributed by atoms with Gasteiger partial charge in [0.05, 0.1) is 15.5 Å². The molecule has 6 heteroatoms. The molecule has 1 atom stereocenters. The lowest BCUT2D eigenvalue weighted by Crippen LogP contribution is -2.08. The molecule has 1 unspecified atom stereocenters. The quantitative estimate of drug-likeness (QED) is 0.672. The van der Waals surface area contributed by atoms with Crippen molar-refractivity contribution in [1.29, 1.82) is 0 Å². The van der Waals surface area contributed by atoms with Gasteiger partial charge in [-0.1, -0.05) is 35.9 Å². The lowest BCUT2D eigenvalue weighted by Gasteiger charge is -2.14. The summed E-state index contributed by atoms with van der Waals surface area (Å²) in [6.07, 6.45) is 0. The van der Waals surface area contributed by atoms with E-state index >= 15 is 0 Å². The second-order valence-corrected chi connectivity index (χ2v) is 5.02. The van der Waals surface area contributed by atoms with Crippen molar-refractivity contribution in [2.75, 3.05) is 0 Å². The molecular formula is C15H15ClN2O3. The number of ether oxygens (including phenoxy) is 1. The van der Waals surface area contributed by atoms with Crippen molar-refractivity contribution in [3.8, 4) is 5.75 Å². The standard InChI is InChI=1S/C15H15ClN2O3/c1-10(17)11-5-2-3-8-15(11)21-9-12-13(16)6-4-7-14(12)18(19)20/h2-8,10H,9,17H2,1H3. The number of hydrogen-bond donors (Lipinski definition) is 1. The molecule has 0 amide bonds. The van der Waals surface area contributed by atoms with Gasteiger partial charge in [0.25, 0.3) is 5.69 Å². The number of nitro benzene ring substituents is 1. The Morgan fingerprint density at radius 1 is 1.29 bits per heavy atom. The number of halogens is 1. The van der Waals surface area contributed by atoms with Gasteiger partial charge in [0.15, 0.2) is 0 Å². The Kier molecular flexibility index (Phi) is 4.77. The Balaban J connectivity index is 2.27. The zero-order chi connectivity index (χ0) is 15.4. The first kappa shape index (κ1) is 15.3. The zero-order valence-corrected chi connectivity index (χ0v) is 12.2. The molecule has 0 fully saturated rings. The molecule has 2 aromatic carbocycles. The summed E-state index contributed by atoms with van der Waals surface area (Å²) < 4.78 is 5.69. The fourth-order valence-corrected chi connectivity index (χ4v) is 2.22. The lowest BCUT2D eigenvalue weighted by molar-refractivity contribution is -0.385. The fraction of sp³-hybridized carbons (Fsp3) is 0.200. The monoisotopic (exact) mass is 306 g/mol. The van der Waals surface area contributed by atoms with Crippen LogP contribution in [-0.2, 0) is 6.61 Å². The third kappa shape index (κ3) is 3.51. The first-order chi connectivity index (χ1) is 10.0. The summed E-state index contributed by atoms with van der Waals surface area (Å²) in [4.78, 5) is 10.6. The van der Waals surface area contributed by atoms with Gasteiger partial charge in [-0.25, -0.2) is 0 Å². The van der Waals surface area contributed by atoms with Crippen molar-refractivity contribution in [2.45, 2.75) is 19.6 Å². The number of rotatable bonds is 5. The molecule has 0 spiro atoms. The number of nitrogens with zero attached hydrogens (tertiary/aromatic N) is 1. The molecule has 21 heavy (non-hydrogen) atoms. The molecule has 2 rings (SSSR count). The topological polar surface area (TPSA) is 78.4 Å². The maximum atomic E-state index is 11.0. The molecule has 5 nitrogen and oxygen atoms in total. The second-order valence-electron chi connectivity index (χ2n) is 4.61. The highest BCUT2D eigenvalue weighted by molar-refractivity contribution is 6.31. The van der Waals surface area contributed by atoms with E-state index in [0.29, 0.717) is 16.3 Å². The van der Waals surface area contributed by atoms with Crippen LogP contribution >= 0.6 is 11.6 Å². The molecule has 0 aromatic heterocycles. The minimum atomic E-state index is -0.470. The first-order valence-electron chi connectivity index (χ1n) is 6.39. The minimum Gasteiger partial charge on any atom is -0.488 e. The summed E-state index contributed by atoms with van der Waals surface area (Å²) in [7, 11) is 0. The summed E-state index contributed by atoms with van der Waals surface area (Å²) in [6, 6.07) is 11.7. The average Bonchev–Trinajstić information content (AvgIpc) is 2.45. The fourth-order valence-electron chi connectivity index (χ4n) is 2.00. The highest BCUT2D eigenvalue weighted by Crippen LogP contribution is 2.29. The lowest BCUT2D eigenvalue weighted by atomic mass is 10.1. The SMILES string of the molecule is CC(N)c1ccccc1OCc1c(Cl)cccc1[N+](=O)[O-]. The molecule has 0 aliphatic heterocycles. The minimum absolute atomic E-state index is 0.0136.